The third kappa shape index (κ3) is 5.99. The summed E-state index contributed by atoms with van der Waals surface area (Å²) in [6.07, 6.45) is 1.26. The summed E-state index contributed by atoms with van der Waals surface area (Å²) in [6.45, 7) is 3.59. The van der Waals surface area contributed by atoms with Crippen molar-refractivity contribution in [1.29, 1.82) is 0 Å². The van der Waals surface area contributed by atoms with E-state index >= 15 is 0 Å². The average molecular weight is 538 g/mol. The summed E-state index contributed by atoms with van der Waals surface area (Å²) >= 11 is 12.0. The van der Waals surface area contributed by atoms with E-state index in [-0.39, 0.29) is 29.2 Å². The second-order valence-electron chi connectivity index (χ2n) is 8.25. The lowest BCUT2D eigenvalue weighted by molar-refractivity contribution is -0.122. The summed E-state index contributed by atoms with van der Waals surface area (Å²) in [5, 5.41) is 5.65. The van der Waals surface area contributed by atoms with Gasteiger partial charge in [0.15, 0.2) is 6.61 Å². The number of barbiturate groups is 1. The molecule has 3 aromatic rings. The van der Waals surface area contributed by atoms with Gasteiger partial charge in [-0.25, -0.2) is 9.69 Å². The van der Waals surface area contributed by atoms with Gasteiger partial charge in [0, 0.05) is 21.3 Å². The third-order valence-corrected chi connectivity index (χ3v) is 6.09. The molecule has 0 saturated carbocycles. The van der Waals surface area contributed by atoms with E-state index in [0.717, 1.165) is 16.0 Å². The number of nitrogens with one attached hydrogen (secondary N) is 2. The highest BCUT2D eigenvalue weighted by atomic mass is 35.5. The number of benzene rings is 3. The van der Waals surface area contributed by atoms with Gasteiger partial charge in [0.1, 0.15) is 11.3 Å². The van der Waals surface area contributed by atoms with Crippen LogP contribution in [0, 0.1) is 13.8 Å². The molecule has 1 aliphatic rings. The Morgan fingerprint density at radius 3 is 2.35 bits per heavy atom. The molecule has 8 nitrogen and oxygen atoms in total. The monoisotopic (exact) mass is 537 g/mol. The predicted molar refractivity (Wildman–Crippen MR) is 142 cm³/mol. The van der Waals surface area contributed by atoms with Crippen molar-refractivity contribution in [1.82, 2.24) is 5.32 Å². The second kappa shape index (κ2) is 10.9. The molecule has 0 aliphatic carbocycles. The van der Waals surface area contributed by atoms with Crippen LogP contribution in [0.5, 0.6) is 5.75 Å². The molecule has 5 amide bonds. The zero-order valence-corrected chi connectivity index (χ0v) is 21.3. The molecule has 0 radical (unpaired) electrons. The summed E-state index contributed by atoms with van der Waals surface area (Å²) in [6, 6.07) is 15.2. The number of halogens is 2. The van der Waals surface area contributed by atoms with E-state index in [1.165, 1.54) is 42.5 Å². The molecule has 1 heterocycles. The first-order chi connectivity index (χ1) is 17.6. The highest BCUT2D eigenvalue weighted by Gasteiger charge is 2.37. The van der Waals surface area contributed by atoms with Crippen LogP contribution in [0.3, 0.4) is 0 Å². The molecular weight excluding hydrogens is 517 g/mol. The summed E-state index contributed by atoms with van der Waals surface area (Å²) in [5.74, 6) is -1.90. The maximum absolute atomic E-state index is 13.2. The third-order valence-electron chi connectivity index (χ3n) is 5.61. The topological polar surface area (TPSA) is 105 Å². The number of urea groups is 1. The minimum absolute atomic E-state index is 0.211. The van der Waals surface area contributed by atoms with Crippen molar-refractivity contribution in [2.24, 2.45) is 0 Å². The number of hydrogen-bond donors (Lipinski definition) is 2. The Bertz CT molecular complexity index is 1450. The molecule has 0 spiro atoms. The van der Waals surface area contributed by atoms with Gasteiger partial charge in [0.2, 0.25) is 0 Å². The summed E-state index contributed by atoms with van der Waals surface area (Å²) < 4.78 is 5.68. The number of carbonyl (C=O) groups excluding carboxylic acids is 4. The standard InChI is InChI=1S/C27H21Cl2N3O5/c1-15-3-7-20(11-16(15)2)30-24(33)14-37-23-10-6-19(29)12-17(23)13-22-25(34)31-27(36)32(26(22)35)21-8-4-18(28)5-9-21/h3-13H,14H2,1-2H3,(H,30,33)(H,31,34,36)/b22-13-. The lowest BCUT2D eigenvalue weighted by Gasteiger charge is -2.26. The fourth-order valence-corrected chi connectivity index (χ4v) is 3.87. The summed E-state index contributed by atoms with van der Waals surface area (Å²) in [4.78, 5) is 51.4. The van der Waals surface area contributed by atoms with Crippen LogP contribution in [0.1, 0.15) is 16.7 Å². The van der Waals surface area contributed by atoms with Gasteiger partial charge in [0.05, 0.1) is 5.69 Å². The highest BCUT2D eigenvalue weighted by Crippen LogP contribution is 2.28. The molecule has 0 aromatic heterocycles. The van der Waals surface area contributed by atoms with Crippen molar-refractivity contribution in [3.05, 3.63) is 93.0 Å². The molecule has 1 saturated heterocycles. The van der Waals surface area contributed by atoms with E-state index in [9.17, 15) is 19.2 Å². The van der Waals surface area contributed by atoms with E-state index in [0.29, 0.717) is 15.7 Å². The van der Waals surface area contributed by atoms with Gasteiger partial charge in [0.25, 0.3) is 17.7 Å². The first-order valence-electron chi connectivity index (χ1n) is 11.1. The molecule has 3 aromatic carbocycles. The van der Waals surface area contributed by atoms with Crippen LogP contribution in [0.25, 0.3) is 6.08 Å². The Hall–Kier alpha value is -4.14. The Labute approximate surface area is 222 Å². The fourth-order valence-electron chi connectivity index (χ4n) is 3.56. The molecule has 188 valence electrons. The quantitative estimate of drug-likeness (QED) is 0.328. The van der Waals surface area contributed by atoms with E-state index in [4.69, 9.17) is 27.9 Å². The van der Waals surface area contributed by atoms with Crippen LogP contribution in [0.4, 0.5) is 16.2 Å². The molecular formula is C27H21Cl2N3O5. The molecule has 0 unspecified atom stereocenters. The Morgan fingerprint density at radius 1 is 0.946 bits per heavy atom. The van der Waals surface area contributed by atoms with Gasteiger partial charge >= 0.3 is 6.03 Å². The number of amides is 5. The number of nitrogens with zero attached hydrogens (tertiary/aromatic N) is 1. The van der Waals surface area contributed by atoms with E-state index in [1.807, 2.05) is 26.0 Å². The first kappa shape index (κ1) is 25.9. The van der Waals surface area contributed by atoms with Crippen LogP contribution in [0.2, 0.25) is 10.0 Å². The highest BCUT2D eigenvalue weighted by molar-refractivity contribution is 6.39. The maximum atomic E-state index is 13.2. The van der Waals surface area contributed by atoms with Crippen molar-refractivity contribution >= 4 is 64.4 Å². The molecule has 2 N–H and O–H groups in total. The van der Waals surface area contributed by atoms with Crippen molar-refractivity contribution in [3.8, 4) is 5.75 Å². The Kier molecular flexibility index (Phi) is 7.61. The van der Waals surface area contributed by atoms with Gasteiger partial charge in [-0.2, -0.15) is 0 Å². The zero-order chi connectivity index (χ0) is 26.7. The molecule has 4 rings (SSSR count). The normalized spacial score (nSPS) is 14.5. The summed E-state index contributed by atoms with van der Waals surface area (Å²) in [7, 11) is 0. The summed E-state index contributed by atoms with van der Waals surface area (Å²) in [5.41, 5.74) is 2.96. The van der Waals surface area contributed by atoms with Crippen LogP contribution >= 0.6 is 23.2 Å². The minimum Gasteiger partial charge on any atom is -0.483 e. The van der Waals surface area contributed by atoms with Crippen LogP contribution in [-0.2, 0) is 14.4 Å². The van der Waals surface area contributed by atoms with Gasteiger partial charge in [-0.15, -0.1) is 0 Å². The van der Waals surface area contributed by atoms with E-state index in [2.05, 4.69) is 10.6 Å². The number of ether oxygens (including phenoxy) is 1. The van der Waals surface area contributed by atoms with Crippen molar-refractivity contribution < 1.29 is 23.9 Å². The maximum Gasteiger partial charge on any atom is 0.335 e. The smallest absolute Gasteiger partial charge is 0.335 e. The van der Waals surface area contributed by atoms with Gasteiger partial charge in [-0.1, -0.05) is 29.3 Å². The zero-order valence-electron chi connectivity index (χ0n) is 19.8. The van der Waals surface area contributed by atoms with E-state index in [1.54, 1.807) is 12.1 Å². The molecule has 0 bridgehead atoms. The fraction of sp³-hybridized carbons (Fsp3) is 0.111. The van der Waals surface area contributed by atoms with Crippen molar-refractivity contribution in [2.45, 2.75) is 13.8 Å². The molecule has 0 atom stereocenters. The van der Waals surface area contributed by atoms with Gasteiger partial charge in [-0.05, 0) is 85.6 Å². The van der Waals surface area contributed by atoms with Gasteiger partial charge in [-0.3, -0.25) is 19.7 Å². The molecule has 1 fully saturated rings. The number of hydrogen-bond acceptors (Lipinski definition) is 5. The average Bonchev–Trinajstić information content (AvgIpc) is 2.84. The first-order valence-corrected chi connectivity index (χ1v) is 11.8. The Balaban J connectivity index is 1.57. The number of aryl methyl sites for hydroxylation is 2. The molecule has 1 aliphatic heterocycles. The van der Waals surface area contributed by atoms with Crippen LogP contribution in [0.15, 0.2) is 66.2 Å². The minimum atomic E-state index is -0.889. The number of anilines is 2. The van der Waals surface area contributed by atoms with Crippen LogP contribution < -0.4 is 20.3 Å². The van der Waals surface area contributed by atoms with Crippen LogP contribution in [-0.4, -0.2) is 30.4 Å². The van der Waals surface area contributed by atoms with Gasteiger partial charge < -0.3 is 10.1 Å². The number of imide groups is 2. The number of rotatable bonds is 6. The van der Waals surface area contributed by atoms with E-state index < -0.39 is 23.8 Å². The molecule has 37 heavy (non-hydrogen) atoms. The SMILES string of the molecule is Cc1ccc(NC(=O)COc2ccc(Cl)cc2/C=C2/C(=O)NC(=O)N(c3ccc(Cl)cc3)C2=O)cc1C. The van der Waals surface area contributed by atoms with Crippen molar-refractivity contribution in [3.63, 3.8) is 0 Å². The second-order valence-corrected chi connectivity index (χ2v) is 9.13. The predicted octanol–water partition coefficient (Wildman–Crippen LogP) is 5.29. The molecule has 10 heteroatoms. The van der Waals surface area contributed by atoms with Crippen molar-refractivity contribution in [2.75, 3.05) is 16.8 Å². The lowest BCUT2D eigenvalue weighted by atomic mass is 10.1. The largest absolute Gasteiger partial charge is 0.483 e. The Morgan fingerprint density at radius 2 is 1.65 bits per heavy atom. The lowest BCUT2D eigenvalue weighted by Crippen LogP contribution is -2.54. The number of carbonyl (C=O) groups is 4.